The highest BCUT2D eigenvalue weighted by Gasteiger charge is 2.35. The first-order valence-electron chi connectivity index (χ1n) is 9.96. The first-order chi connectivity index (χ1) is 14.3. The second-order valence-electron chi connectivity index (χ2n) is 7.85. The Balaban J connectivity index is 1.58. The number of ether oxygens (including phenoxy) is 1. The predicted octanol–water partition coefficient (Wildman–Crippen LogP) is 3.93. The minimum atomic E-state index is -3.70. The van der Waals surface area contributed by atoms with E-state index in [0.29, 0.717) is 30.3 Å². The molecule has 1 aromatic carbocycles. The Hall–Kier alpha value is -2.16. The summed E-state index contributed by atoms with van der Waals surface area (Å²) in [6.07, 6.45) is 3.25. The van der Waals surface area contributed by atoms with Crippen molar-refractivity contribution in [3.63, 3.8) is 0 Å². The van der Waals surface area contributed by atoms with E-state index >= 15 is 0 Å². The lowest BCUT2D eigenvalue weighted by atomic mass is 10.0. The van der Waals surface area contributed by atoms with Gasteiger partial charge in [0.05, 0.1) is 7.11 Å². The number of imidazole rings is 1. The summed E-state index contributed by atoms with van der Waals surface area (Å²) in [5.41, 5.74) is 1.74. The molecule has 1 saturated heterocycles. The lowest BCUT2D eigenvalue weighted by molar-refractivity contribution is 0.397. The number of aromatic nitrogens is 3. The van der Waals surface area contributed by atoms with Crippen molar-refractivity contribution >= 4 is 32.8 Å². The van der Waals surface area contributed by atoms with E-state index in [1.54, 1.807) is 18.3 Å². The van der Waals surface area contributed by atoms with E-state index in [4.69, 9.17) is 21.3 Å². The topological polar surface area (TPSA) is 77.3 Å². The average Bonchev–Trinajstić information content (AvgIpc) is 3.32. The van der Waals surface area contributed by atoms with Gasteiger partial charge in [-0.3, -0.25) is 0 Å². The molecular weight excluding hydrogens is 424 g/mol. The van der Waals surface area contributed by atoms with Crippen LogP contribution in [-0.2, 0) is 16.4 Å². The number of fused-ring (bicyclic) bond motifs is 1. The SMILES string of the molecule is COc1ccc(Cl)cc1S(=O)(=O)N1CC[C@H](Cc2nc3cccnc3n2C(C)C)C1. The molecule has 0 bridgehead atoms. The number of pyridine rings is 1. The number of methoxy groups -OCH3 is 1. The molecule has 0 unspecified atom stereocenters. The van der Waals surface area contributed by atoms with Crippen LogP contribution in [0.5, 0.6) is 5.75 Å². The van der Waals surface area contributed by atoms with E-state index in [2.05, 4.69) is 23.4 Å². The summed E-state index contributed by atoms with van der Waals surface area (Å²) >= 11 is 6.05. The number of benzene rings is 1. The van der Waals surface area contributed by atoms with Crippen LogP contribution in [0.25, 0.3) is 11.2 Å². The first-order valence-corrected chi connectivity index (χ1v) is 11.8. The normalized spacial score (nSPS) is 17.8. The Morgan fingerprint density at radius 3 is 2.83 bits per heavy atom. The number of rotatable bonds is 6. The van der Waals surface area contributed by atoms with E-state index in [9.17, 15) is 8.42 Å². The zero-order valence-electron chi connectivity index (χ0n) is 17.2. The molecule has 3 aromatic rings. The van der Waals surface area contributed by atoms with Gasteiger partial charge in [0.25, 0.3) is 0 Å². The molecule has 0 amide bonds. The van der Waals surface area contributed by atoms with Crippen LogP contribution in [0.1, 0.15) is 32.1 Å². The molecule has 4 rings (SSSR count). The molecule has 7 nitrogen and oxygen atoms in total. The lowest BCUT2D eigenvalue weighted by Gasteiger charge is -2.19. The van der Waals surface area contributed by atoms with Gasteiger partial charge in [0.1, 0.15) is 22.0 Å². The standard InChI is InChI=1S/C21H25ClN4O3S/c1-14(2)26-20(24-17-5-4-9-23-21(17)26)11-15-8-10-25(13-15)30(27,28)19-12-16(22)6-7-18(19)29-3/h4-7,9,12,14-15H,8,10-11,13H2,1-3H3/t15-/m1/s1. The fraction of sp³-hybridized carbons (Fsp3) is 0.429. The third kappa shape index (κ3) is 3.79. The monoisotopic (exact) mass is 448 g/mol. The summed E-state index contributed by atoms with van der Waals surface area (Å²) in [6.45, 7) is 5.11. The molecule has 160 valence electrons. The highest BCUT2D eigenvalue weighted by atomic mass is 35.5. The van der Waals surface area contributed by atoms with Crippen LogP contribution in [0.15, 0.2) is 41.4 Å². The third-order valence-electron chi connectivity index (χ3n) is 5.50. The van der Waals surface area contributed by atoms with Gasteiger partial charge in [0, 0.05) is 36.8 Å². The fourth-order valence-corrected chi connectivity index (χ4v) is 6.04. The Morgan fingerprint density at radius 1 is 1.30 bits per heavy atom. The van der Waals surface area contributed by atoms with Crippen molar-refractivity contribution in [3.8, 4) is 5.75 Å². The second-order valence-corrected chi connectivity index (χ2v) is 10.2. The van der Waals surface area contributed by atoms with Crippen molar-refractivity contribution in [2.75, 3.05) is 20.2 Å². The van der Waals surface area contributed by atoms with Crippen LogP contribution in [-0.4, -0.2) is 47.5 Å². The maximum Gasteiger partial charge on any atom is 0.246 e. The zero-order chi connectivity index (χ0) is 21.5. The minimum Gasteiger partial charge on any atom is -0.495 e. The van der Waals surface area contributed by atoms with Crippen LogP contribution in [0, 0.1) is 5.92 Å². The van der Waals surface area contributed by atoms with Crippen molar-refractivity contribution in [1.82, 2.24) is 18.8 Å². The number of halogens is 1. The maximum atomic E-state index is 13.2. The van der Waals surface area contributed by atoms with Gasteiger partial charge in [-0.15, -0.1) is 0 Å². The van der Waals surface area contributed by atoms with E-state index in [1.165, 1.54) is 17.5 Å². The molecule has 0 N–H and O–H groups in total. The molecule has 1 aliphatic rings. The Bertz CT molecular complexity index is 1180. The Kier molecular flexibility index (Phi) is 5.74. The summed E-state index contributed by atoms with van der Waals surface area (Å²) in [5, 5.41) is 0.364. The molecule has 3 heterocycles. The number of sulfonamides is 1. The lowest BCUT2D eigenvalue weighted by Crippen LogP contribution is -2.29. The van der Waals surface area contributed by atoms with Gasteiger partial charge in [-0.25, -0.2) is 18.4 Å². The Labute approximate surface area is 181 Å². The van der Waals surface area contributed by atoms with E-state index in [1.807, 2.05) is 12.1 Å². The van der Waals surface area contributed by atoms with Crippen molar-refractivity contribution in [2.24, 2.45) is 5.92 Å². The number of nitrogens with zero attached hydrogens (tertiary/aromatic N) is 4. The summed E-state index contributed by atoms with van der Waals surface area (Å²) in [5.74, 6) is 1.43. The quantitative estimate of drug-likeness (QED) is 0.571. The van der Waals surface area contributed by atoms with Gasteiger partial charge in [-0.1, -0.05) is 11.6 Å². The second kappa shape index (κ2) is 8.17. The largest absolute Gasteiger partial charge is 0.495 e. The van der Waals surface area contributed by atoms with Crippen LogP contribution in [0.3, 0.4) is 0 Å². The van der Waals surface area contributed by atoms with Gasteiger partial charge < -0.3 is 9.30 Å². The number of hydrogen-bond donors (Lipinski definition) is 0. The molecule has 0 saturated carbocycles. The van der Waals surface area contributed by atoms with Gasteiger partial charge >= 0.3 is 0 Å². The molecule has 30 heavy (non-hydrogen) atoms. The molecule has 9 heteroatoms. The fourth-order valence-electron chi connectivity index (χ4n) is 4.09. The van der Waals surface area contributed by atoms with E-state index < -0.39 is 10.0 Å². The Morgan fingerprint density at radius 2 is 2.10 bits per heavy atom. The first kappa shape index (κ1) is 21.1. The van der Waals surface area contributed by atoms with Crippen molar-refractivity contribution < 1.29 is 13.2 Å². The molecule has 0 radical (unpaired) electrons. The number of hydrogen-bond acceptors (Lipinski definition) is 5. The van der Waals surface area contributed by atoms with Crippen molar-refractivity contribution in [2.45, 2.75) is 37.6 Å². The summed E-state index contributed by atoms with van der Waals surface area (Å²) in [6, 6.07) is 8.72. The molecule has 1 fully saturated rings. The van der Waals surface area contributed by atoms with Crippen LogP contribution in [0.2, 0.25) is 5.02 Å². The maximum absolute atomic E-state index is 13.2. The van der Waals surface area contributed by atoms with Crippen molar-refractivity contribution in [3.05, 3.63) is 47.4 Å². The third-order valence-corrected chi connectivity index (χ3v) is 7.62. The molecule has 0 aliphatic carbocycles. The summed E-state index contributed by atoms with van der Waals surface area (Å²) in [4.78, 5) is 9.37. The molecule has 2 aromatic heterocycles. The highest BCUT2D eigenvalue weighted by molar-refractivity contribution is 7.89. The molecule has 1 aliphatic heterocycles. The van der Waals surface area contributed by atoms with Crippen LogP contribution in [0.4, 0.5) is 0 Å². The highest BCUT2D eigenvalue weighted by Crippen LogP contribution is 2.33. The summed E-state index contributed by atoms with van der Waals surface area (Å²) < 4.78 is 35.4. The average molecular weight is 449 g/mol. The molecule has 0 spiro atoms. The predicted molar refractivity (Wildman–Crippen MR) is 116 cm³/mol. The van der Waals surface area contributed by atoms with Gasteiger partial charge in [-0.2, -0.15) is 4.31 Å². The van der Waals surface area contributed by atoms with E-state index in [0.717, 1.165) is 23.4 Å². The molecular formula is C21H25ClN4O3S. The van der Waals surface area contributed by atoms with Gasteiger partial charge in [0.2, 0.25) is 10.0 Å². The van der Waals surface area contributed by atoms with Crippen molar-refractivity contribution in [1.29, 1.82) is 0 Å². The van der Waals surface area contributed by atoms with Crippen LogP contribution >= 0.6 is 11.6 Å². The summed E-state index contributed by atoms with van der Waals surface area (Å²) in [7, 11) is -2.24. The smallest absolute Gasteiger partial charge is 0.246 e. The minimum absolute atomic E-state index is 0.108. The van der Waals surface area contributed by atoms with Gasteiger partial charge in [-0.05, 0) is 56.5 Å². The van der Waals surface area contributed by atoms with Crippen LogP contribution < -0.4 is 4.74 Å². The zero-order valence-corrected chi connectivity index (χ0v) is 18.8. The molecule has 1 atom stereocenters. The van der Waals surface area contributed by atoms with E-state index in [-0.39, 0.29) is 16.9 Å². The van der Waals surface area contributed by atoms with Gasteiger partial charge in [0.15, 0.2) is 5.65 Å².